The number of aromatic nitrogens is 3. The summed E-state index contributed by atoms with van der Waals surface area (Å²) in [4.78, 5) is 16.2. The summed E-state index contributed by atoms with van der Waals surface area (Å²) in [6.45, 7) is 12.7. The predicted octanol–water partition coefficient (Wildman–Crippen LogP) is 5.72. The number of ether oxygens (including phenoxy) is 1. The molecule has 1 N–H and O–H groups in total. The van der Waals surface area contributed by atoms with Crippen molar-refractivity contribution in [1.82, 2.24) is 19.9 Å². The average Bonchev–Trinajstić information content (AvgIpc) is 3.18. The molecule has 1 saturated carbocycles. The third-order valence-electron chi connectivity index (χ3n) is 7.33. The van der Waals surface area contributed by atoms with Crippen LogP contribution in [0.5, 0.6) is 0 Å². The molecular formula is C27H36N4O. The van der Waals surface area contributed by atoms with Gasteiger partial charge in [-0.25, -0.2) is 0 Å². The maximum atomic E-state index is 5.54. The molecule has 5 heteroatoms. The first-order chi connectivity index (χ1) is 15.5. The van der Waals surface area contributed by atoms with E-state index in [1.165, 1.54) is 48.2 Å². The fourth-order valence-corrected chi connectivity index (χ4v) is 5.78. The van der Waals surface area contributed by atoms with Gasteiger partial charge in [-0.3, -0.25) is 14.9 Å². The number of aryl methyl sites for hydroxylation is 2. The molecule has 2 fully saturated rings. The molecule has 1 aliphatic heterocycles. The minimum Gasteiger partial charge on any atom is -0.379 e. The smallest absolute Gasteiger partial charge is 0.0923 e. The third-order valence-corrected chi connectivity index (χ3v) is 7.33. The van der Waals surface area contributed by atoms with E-state index in [1.807, 2.05) is 0 Å². The first-order valence-electron chi connectivity index (χ1n) is 12.3. The summed E-state index contributed by atoms with van der Waals surface area (Å²) >= 11 is 0. The van der Waals surface area contributed by atoms with Crippen molar-refractivity contribution >= 4 is 11.0 Å². The lowest BCUT2D eigenvalue weighted by Crippen LogP contribution is -2.44. The van der Waals surface area contributed by atoms with Crippen LogP contribution in [0.25, 0.3) is 22.3 Å². The molecule has 0 aromatic carbocycles. The Morgan fingerprint density at radius 3 is 2.31 bits per heavy atom. The van der Waals surface area contributed by atoms with E-state index >= 15 is 0 Å². The number of H-pyrrole nitrogens is 1. The van der Waals surface area contributed by atoms with Crippen molar-refractivity contribution in [2.24, 2.45) is 0 Å². The normalized spacial score (nSPS) is 22.7. The van der Waals surface area contributed by atoms with E-state index in [0.717, 1.165) is 54.8 Å². The molecule has 0 atom stereocenters. The molecule has 3 aromatic rings. The maximum absolute atomic E-state index is 5.54. The van der Waals surface area contributed by atoms with Crippen LogP contribution < -0.4 is 0 Å². The van der Waals surface area contributed by atoms with E-state index in [9.17, 15) is 0 Å². The zero-order valence-electron chi connectivity index (χ0n) is 19.9. The fourth-order valence-electron chi connectivity index (χ4n) is 5.78. The molecule has 0 bridgehead atoms. The maximum Gasteiger partial charge on any atom is 0.0923 e. The molecule has 2 aliphatic rings. The van der Waals surface area contributed by atoms with Crippen LogP contribution in [0.3, 0.4) is 0 Å². The zero-order chi connectivity index (χ0) is 22.2. The highest BCUT2D eigenvalue weighted by Crippen LogP contribution is 2.38. The van der Waals surface area contributed by atoms with Gasteiger partial charge in [-0.1, -0.05) is 13.8 Å². The van der Waals surface area contributed by atoms with Crippen molar-refractivity contribution in [3.05, 3.63) is 46.9 Å². The second-order valence-electron chi connectivity index (χ2n) is 9.99. The van der Waals surface area contributed by atoms with E-state index in [1.54, 1.807) is 0 Å². The predicted molar refractivity (Wildman–Crippen MR) is 130 cm³/mol. The zero-order valence-corrected chi connectivity index (χ0v) is 19.9. The number of hydrogen-bond acceptors (Lipinski definition) is 4. The van der Waals surface area contributed by atoms with Gasteiger partial charge in [0.1, 0.15) is 0 Å². The van der Waals surface area contributed by atoms with Gasteiger partial charge in [0, 0.05) is 53.3 Å². The highest BCUT2D eigenvalue weighted by atomic mass is 16.5. The van der Waals surface area contributed by atoms with Crippen LogP contribution in [0.15, 0.2) is 24.3 Å². The van der Waals surface area contributed by atoms with E-state index in [-0.39, 0.29) is 0 Å². The van der Waals surface area contributed by atoms with E-state index in [2.05, 4.69) is 66.8 Å². The number of nitrogens with zero attached hydrogens (tertiary/aromatic N) is 3. The second kappa shape index (κ2) is 8.95. The standard InChI is InChI=1S/C27H36N4O/c1-17(2)25-26(21-15-18(3)28-19(4)16-21)30-24-10-9-23(29-27(24)25)20-5-7-22(8-6-20)31-11-13-32-14-12-31/h9-10,15-17,20,22,30H,5-8,11-14H2,1-4H3. The van der Waals surface area contributed by atoms with E-state index in [4.69, 9.17) is 9.72 Å². The Morgan fingerprint density at radius 1 is 0.969 bits per heavy atom. The van der Waals surface area contributed by atoms with E-state index in [0.29, 0.717) is 11.8 Å². The van der Waals surface area contributed by atoms with Crippen LogP contribution in [0.1, 0.15) is 74.0 Å². The lowest BCUT2D eigenvalue weighted by atomic mass is 9.83. The van der Waals surface area contributed by atoms with Gasteiger partial charge >= 0.3 is 0 Å². The molecule has 1 aliphatic carbocycles. The number of hydrogen-bond donors (Lipinski definition) is 1. The number of morpholine rings is 1. The van der Waals surface area contributed by atoms with Crippen molar-refractivity contribution in [2.75, 3.05) is 26.3 Å². The SMILES string of the molecule is Cc1cc(-c2[nH]c3ccc(C4CCC(N5CCOCC5)CC4)nc3c2C(C)C)cc(C)n1. The molecule has 0 unspecified atom stereocenters. The summed E-state index contributed by atoms with van der Waals surface area (Å²) in [5.41, 5.74) is 9.41. The summed E-state index contributed by atoms with van der Waals surface area (Å²) in [6.07, 6.45) is 5.01. The molecule has 0 radical (unpaired) electrons. The van der Waals surface area contributed by atoms with Gasteiger partial charge in [0.05, 0.1) is 29.9 Å². The Bertz CT molecular complexity index is 1070. The number of rotatable bonds is 4. The highest BCUT2D eigenvalue weighted by molar-refractivity contribution is 5.88. The van der Waals surface area contributed by atoms with Crippen molar-refractivity contribution in [1.29, 1.82) is 0 Å². The summed E-state index contributed by atoms with van der Waals surface area (Å²) in [7, 11) is 0. The molecule has 5 rings (SSSR count). The van der Waals surface area contributed by atoms with Crippen LogP contribution in [0.4, 0.5) is 0 Å². The van der Waals surface area contributed by atoms with Crippen molar-refractivity contribution in [3.63, 3.8) is 0 Å². The fraction of sp³-hybridized carbons (Fsp3) is 0.556. The van der Waals surface area contributed by atoms with Crippen LogP contribution in [-0.2, 0) is 4.74 Å². The summed E-state index contributed by atoms with van der Waals surface area (Å²) in [5, 5.41) is 0. The van der Waals surface area contributed by atoms with Gasteiger partial charge in [-0.2, -0.15) is 0 Å². The number of nitrogens with one attached hydrogen (secondary N) is 1. The third kappa shape index (κ3) is 4.20. The molecule has 4 heterocycles. The Labute approximate surface area is 191 Å². The van der Waals surface area contributed by atoms with Gasteiger partial charge in [0.15, 0.2) is 0 Å². The van der Waals surface area contributed by atoms with Gasteiger partial charge in [-0.05, 0) is 69.7 Å². The molecule has 0 spiro atoms. The second-order valence-corrected chi connectivity index (χ2v) is 9.99. The number of pyridine rings is 2. The van der Waals surface area contributed by atoms with Gasteiger partial charge < -0.3 is 9.72 Å². The van der Waals surface area contributed by atoms with E-state index < -0.39 is 0 Å². The van der Waals surface area contributed by atoms with Crippen LogP contribution in [0.2, 0.25) is 0 Å². The quantitative estimate of drug-likeness (QED) is 0.572. The summed E-state index contributed by atoms with van der Waals surface area (Å²) in [6, 6.07) is 9.59. The minimum absolute atomic E-state index is 0.396. The molecule has 32 heavy (non-hydrogen) atoms. The number of fused-ring (bicyclic) bond motifs is 1. The topological polar surface area (TPSA) is 54.0 Å². The van der Waals surface area contributed by atoms with Gasteiger partial charge in [-0.15, -0.1) is 0 Å². The molecule has 170 valence electrons. The van der Waals surface area contributed by atoms with Crippen LogP contribution in [0, 0.1) is 13.8 Å². The molecule has 1 saturated heterocycles. The number of aromatic amines is 1. The molecular weight excluding hydrogens is 396 g/mol. The van der Waals surface area contributed by atoms with Gasteiger partial charge in [0.25, 0.3) is 0 Å². The Balaban J connectivity index is 1.43. The highest BCUT2D eigenvalue weighted by Gasteiger charge is 2.29. The monoisotopic (exact) mass is 432 g/mol. The van der Waals surface area contributed by atoms with Gasteiger partial charge in [0.2, 0.25) is 0 Å². The minimum atomic E-state index is 0.396. The molecule has 0 amide bonds. The lowest BCUT2D eigenvalue weighted by Gasteiger charge is -2.38. The molecule has 5 nitrogen and oxygen atoms in total. The first-order valence-corrected chi connectivity index (χ1v) is 12.3. The Hall–Kier alpha value is -2.24. The summed E-state index contributed by atoms with van der Waals surface area (Å²) in [5.74, 6) is 0.966. The van der Waals surface area contributed by atoms with Crippen molar-refractivity contribution < 1.29 is 4.74 Å². The molecule has 3 aromatic heterocycles. The van der Waals surface area contributed by atoms with Crippen LogP contribution in [-0.4, -0.2) is 52.2 Å². The van der Waals surface area contributed by atoms with Crippen molar-refractivity contribution in [2.45, 2.75) is 71.3 Å². The largest absolute Gasteiger partial charge is 0.379 e. The summed E-state index contributed by atoms with van der Waals surface area (Å²) < 4.78 is 5.54. The Morgan fingerprint density at radius 2 is 1.66 bits per heavy atom. The lowest BCUT2D eigenvalue weighted by molar-refractivity contribution is 0.00721. The average molecular weight is 433 g/mol. The van der Waals surface area contributed by atoms with Crippen LogP contribution >= 0.6 is 0 Å². The Kier molecular flexibility index (Phi) is 6.04. The first kappa shape index (κ1) is 21.6. The van der Waals surface area contributed by atoms with Crippen molar-refractivity contribution in [3.8, 4) is 11.3 Å².